The lowest BCUT2D eigenvalue weighted by Crippen LogP contribution is -2.10. The SMILES string of the molecule is C[C@H](CCC[C@H](C)C(=O)O)CC(=O)O. The summed E-state index contributed by atoms with van der Waals surface area (Å²) in [6, 6.07) is 0. The molecule has 0 saturated carbocycles. The molecule has 0 rings (SSSR count). The number of rotatable bonds is 7. The Balaban J connectivity index is 3.53. The maximum atomic E-state index is 10.5. The van der Waals surface area contributed by atoms with Gasteiger partial charge in [-0.2, -0.15) is 0 Å². The number of hydrogen-bond acceptors (Lipinski definition) is 2. The Morgan fingerprint density at radius 1 is 1.14 bits per heavy atom. The van der Waals surface area contributed by atoms with Crippen molar-refractivity contribution < 1.29 is 19.8 Å². The monoisotopic (exact) mass is 202 g/mol. The summed E-state index contributed by atoms with van der Waals surface area (Å²) < 4.78 is 0. The maximum absolute atomic E-state index is 10.5. The average molecular weight is 202 g/mol. The first kappa shape index (κ1) is 12.9. The van der Waals surface area contributed by atoms with Crippen LogP contribution >= 0.6 is 0 Å². The molecule has 4 nitrogen and oxygen atoms in total. The van der Waals surface area contributed by atoms with E-state index in [-0.39, 0.29) is 18.3 Å². The minimum Gasteiger partial charge on any atom is -0.481 e. The molecule has 0 spiro atoms. The Hall–Kier alpha value is -1.06. The quantitative estimate of drug-likeness (QED) is 0.662. The molecule has 0 aromatic carbocycles. The van der Waals surface area contributed by atoms with E-state index in [9.17, 15) is 9.59 Å². The Morgan fingerprint density at radius 2 is 1.71 bits per heavy atom. The predicted octanol–water partition coefficient (Wildman–Crippen LogP) is 1.99. The molecule has 0 aliphatic carbocycles. The normalized spacial score (nSPS) is 14.7. The van der Waals surface area contributed by atoms with Crippen molar-refractivity contribution in [3.63, 3.8) is 0 Å². The molecule has 0 fully saturated rings. The third-order valence-corrected chi connectivity index (χ3v) is 2.28. The lowest BCUT2D eigenvalue weighted by Gasteiger charge is -2.09. The van der Waals surface area contributed by atoms with Gasteiger partial charge in [-0.05, 0) is 12.3 Å². The fraction of sp³-hybridized carbons (Fsp3) is 0.800. The molecule has 0 amide bonds. The van der Waals surface area contributed by atoms with Crippen molar-refractivity contribution in [2.45, 2.75) is 39.5 Å². The van der Waals surface area contributed by atoms with Gasteiger partial charge < -0.3 is 10.2 Å². The van der Waals surface area contributed by atoms with Gasteiger partial charge in [0.1, 0.15) is 0 Å². The summed E-state index contributed by atoms with van der Waals surface area (Å²) >= 11 is 0. The molecule has 0 aromatic heterocycles. The number of hydrogen-bond donors (Lipinski definition) is 2. The van der Waals surface area contributed by atoms with E-state index < -0.39 is 11.9 Å². The van der Waals surface area contributed by atoms with Crippen LogP contribution in [0.25, 0.3) is 0 Å². The molecule has 0 unspecified atom stereocenters. The van der Waals surface area contributed by atoms with Gasteiger partial charge in [-0.1, -0.05) is 26.7 Å². The van der Waals surface area contributed by atoms with E-state index in [2.05, 4.69) is 0 Å². The summed E-state index contributed by atoms with van der Waals surface area (Å²) in [6.45, 7) is 3.55. The summed E-state index contributed by atoms with van der Waals surface area (Å²) in [4.78, 5) is 20.8. The molecule has 0 radical (unpaired) electrons. The van der Waals surface area contributed by atoms with Gasteiger partial charge in [-0.15, -0.1) is 0 Å². The lowest BCUT2D eigenvalue weighted by molar-refractivity contribution is -0.141. The molecule has 0 aromatic rings. The van der Waals surface area contributed by atoms with Gasteiger partial charge in [-0.3, -0.25) is 9.59 Å². The van der Waals surface area contributed by atoms with Crippen molar-refractivity contribution in [1.29, 1.82) is 0 Å². The van der Waals surface area contributed by atoms with Crippen LogP contribution in [-0.2, 0) is 9.59 Å². The minimum absolute atomic E-state index is 0.133. The van der Waals surface area contributed by atoms with Crippen LogP contribution in [0.15, 0.2) is 0 Å². The van der Waals surface area contributed by atoms with Crippen molar-refractivity contribution in [3.8, 4) is 0 Å². The molecule has 0 heterocycles. The van der Waals surface area contributed by atoms with Crippen LogP contribution in [0.3, 0.4) is 0 Å². The number of aliphatic carboxylic acids is 2. The van der Waals surface area contributed by atoms with E-state index in [1.54, 1.807) is 6.92 Å². The van der Waals surface area contributed by atoms with E-state index in [0.29, 0.717) is 6.42 Å². The summed E-state index contributed by atoms with van der Waals surface area (Å²) in [7, 11) is 0. The zero-order valence-corrected chi connectivity index (χ0v) is 8.69. The average Bonchev–Trinajstić information content (AvgIpc) is 2.02. The molecule has 2 atom stereocenters. The molecule has 14 heavy (non-hydrogen) atoms. The van der Waals surface area contributed by atoms with Crippen LogP contribution in [0.5, 0.6) is 0 Å². The fourth-order valence-corrected chi connectivity index (χ4v) is 1.30. The first-order chi connectivity index (χ1) is 6.43. The zero-order valence-electron chi connectivity index (χ0n) is 8.69. The molecular formula is C10H18O4. The molecule has 0 bridgehead atoms. The van der Waals surface area contributed by atoms with Gasteiger partial charge in [0.15, 0.2) is 0 Å². The van der Waals surface area contributed by atoms with Crippen molar-refractivity contribution >= 4 is 11.9 Å². The Bertz CT molecular complexity index is 200. The highest BCUT2D eigenvalue weighted by atomic mass is 16.4. The van der Waals surface area contributed by atoms with Gasteiger partial charge in [0, 0.05) is 6.42 Å². The van der Waals surface area contributed by atoms with Crippen molar-refractivity contribution in [1.82, 2.24) is 0 Å². The number of carbonyl (C=O) groups is 2. The van der Waals surface area contributed by atoms with E-state index in [1.165, 1.54) is 0 Å². The van der Waals surface area contributed by atoms with E-state index in [1.807, 2.05) is 6.92 Å². The van der Waals surface area contributed by atoms with Crippen molar-refractivity contribution in [3.05, 3.63) is 0 Å². The first-order valence-electron chi connectivity index (χ1n) is 4.88. The second-order valence-electron chi connectivity index (χ2n) is 3.87. The van der Waals surface area contributed by atoms with Gasteiger partial charge in [0.05, 0.1) is 5.92 Å². The highest BCUT2D eigenvalue weighted by Crippen LogP contribution is 2.15. The summed E-state index contributed by atoms with van der Waals surface area (Å²) in [5, 5.41) is 17.1. The zero-order chi connectivity index (χ0) is 11.1. The first-order valence-corrected chi connectivity index (χ1v) is 4.88. The largest absolute Gasteiger partial charge is 0.481 e. The number of carboxylic acid groups (broad SMARTS) is 2. The highest BCUT2D eigenvalue weighted by Gasteiger charge is 2.12. The molecule has 2 N–H and O–H groups in total. The molecule has 82 valence electrons. The maximum Gasteiger partial charge on any atom is 0.306 e. The second-order valence-corrected chi connectivity index (χ2v) is 3.87. The molecule has 0 aliphatic rings. The lowest BCUT2D eigenvalue weighted by atomic mass is 9.97. The summed E-state index contributed by atoms with van der Waals surface area (Å²) in [6.07, 6.45) is 2.35. The molecule has 4 heteroatoms. The van der Waals surface area contributed by atoms with Crippen LogP contribution in [0, 0.1) is 11.8 Å². The van der Waals surface area contributed by atoms with Gasteiger partial charge >= 0.3 is 11.9 Å². The Kier molecular flexibility index (Phi) is 5.92. The van der Waals surface area contributed by atoms with Gasteiger partial charge in [0.2, 0.25) is 0 Å². The number of carboxylic acids is 2. The summed E-state index contributed by atoms with van der Waals surface area (Å²) in [5.74, 6) is -1.76. The van der Waals surface area contributed by atoms with Crippen LogP contribution in [0.4, 0.5) is 0 Å². The Morgan fingerprint density at radius 3 is 2.14 bits per heavy atom. The van der Waals surface area contributed by atoms with E-state index in [4.69, 9.17) is 10.2 Å². The summed E-state index contributed by atoms with van der Waals surface area (Å²) in [5.41, 5.74) is 0. The third-order valence-electron chi connectivity index (χ3n) is 2.28. The van der Waals surface area contributed by atoms with Crippen LogP contribution in [-0.4, -0.2) is 22.2 Å². The fourth-order valence-electron chi connectivity index (χ4n) is 1.30. The standard InChI is InChI=1S/C10H18O4/c1-7(6-9(11)12)4-3-5-8(2)10(13)14/h7-8H,3-6H2,1-2H3,(H,11,12)(H,13,14)/t7-,8+/m1/s1. The van der Waals surface area contributed by atoms with E-state index >= 15 is 0 Å². The topological polar surface area (TPSA) is 74.6 Å². The molecule has 0 saturated heterocycles. The van der Waals surface area contributed by atoms with Gasteiger partial charge in [0.25, 0.3) is 0 Å². The van der Waals surface area contributed by atoms with Crippen molar-refractivity contribution in [2.75, 3.05) is 0 Å². The smallest absolute Gasteiger partial charge is 0.306 e. The minimum atomic E-state index is -0.788. The molecule has 0 aliphatic heterocycles. The van der Waals surface area contributed by atoms with Crippen LogP contribution in [0.2, 0.25) is 0 Å². The van der Waals surface area contributed by atoms with E-state index in [0.717, 1.165) is 12.8 Å². The second kappa shape index (κ2) is 6.40. The van der Waals surface area contributed by atoms with Crippen molar-refractivity contribution in [2.24, 2.45) is 11.8 Å². The van der Waals surface area contributed by atoms with Crippen LogP contribution in [0.1, 0.15) is 39.5 Å². The predicted molar refractivity (Wildman–Crippen MR) is 52.1 cm³/mol. The third kappa shape index (κ3) is 6.46. The van der Waals surface area contributed by atoms with Crippen LogP contribution < -0.4 is 0 Å². The Labute approximate surface area is 83.9 Å². The highest BCUT2D eigenvalue weighted by molar-refractivity contribution is 5.69. The van der Waals surface area contributed by atoms with Gasteiger partial charge in [-0.25, -0.2) is 0 Å². The molecular weight excluding hydrogens is 184 g/mol.